The van der Waals surface area contributed by atoms with Gasteiger partial charge in [0, 0.05) is 18.1 Å². The maximum Gasteiger partial charge on any atom is 0.252 e. The molecule has 0 heterocycles. The van der Waals surface area contributed by atoms with Gasteiger partial charge in [-0.25, -0.2) is 8.78 Å². The minimum Gasteiger partial charge on any atom is -0.368 e. The summed E-state index contributed by atoms with van der Waals surface area (Å²) in [6.45, 7) is 0. The lowest BCUT2D eigenvalue weighted by molar-refractivity contribution is -0.119. The summed E-state index contributed by atoms with van der Waals surface area (Å²) >= 11 is 0. The molecule has 0 aromatic heterocycles. The normalized spacial score (nSPS) is 11.4. The van der Waals surface area contributed by atoms with Crippen molar-refractivity contribution in [2.75, 3.05) is 0 Å². The molecule has 0 saturated carbocycles. The molecule has 1 rings (SSSR count). The third-order valence-electron chi connectivity index (χ3n) is 2.32. The molecule has 19 heavy (non-hydrogen) atoms. The van der Waals surface area contributed by atoms with Gasteiger partial charge >= 0.3 is 0 Å². The molecule has 1 aromatic rings. The third kappa shape index (κ3) is 4.35. The van der Waals surface area contributed by atoms with E-state index in [0.717, 1.165) is 12.1 Å². The van der Waals surface area contributed by atoms with E-state index in [1.54, 1.807) is 6.07 Å². The fourth-order valence-electron chi connectivity index (χ4n) is 1.42. The van der Waals surface area contributed by atoms with Crippen LogP contribution in [0.1, 0.15) is 23.2 Å². The first-order chi connectivity index (χ1) is 8.93. The maximum absolute atomic E-state index is 12.9. The molecule has 0 bridgehead atoms. The van der Waals surface area contributed by atoms with Crippen LogP contribution in [0.15, 0.2) is 18.2 Å². The van der Waals surface area contributed by atoms with E-state index in [0.29, 0.717) is 6.07 Å². The fraction of sp³-hybridized carbons (Fsp3) is 0.250. The minimum absolute atomic E-state index is 0.0192. The van der Waals surface area contributed by atoms with Gasteiger partial charge < -0.3 is 11.1 Å². The summed E-state index contributed by atoms with van der Waals surface area (Å²) in [6, 6.07) is 3.04. The molecule has 7 heteroatoms. The molecule has 0 aliphatic heterocycles. The lowest BCUT2D eigenvalue weighted by Gasteiger charge is -2.14. The molecule has 100 valence electrons. The number of hydrogen-bond donors (Lipinski definition) is 2. The van der Waals surface area contributed by atoms with E-state index in [1.165, 1.54) is 0 Å². The number of nitrogens with zero attached hydrogens (tertiary/aromatic N) is 1. The number of rotatable bonds is 5. The highest BCUT2D eigenvalue weighted by molar-refractivity contribution is 5.97. The lowest BCUT2D eigenvalue weighted by atomic mass is 10.1. The first kappa shape index (κ1) is 14.6. The zero-order chi connectivity index (χ0) is 14.4. The second-order valence-electron chi connectivity index (χ2n) is 3.78. The standard InChI is InChI=1S/C12H11F2N3O2/c13-8-4-7(5-9(14)6-8)12(19)17-10(11(16)18)2-1-3-15/h4-6,10H,1-2H2,(H2,16,18)(H,17,19)/t10-/m0/s1. The number of benzene rings is 1. The Morgan fingerprint density at radius 3 is 2.37 bits per heavy atom. The van der Waals surface area contributed by atoms with Crippen LogP contribution in [0.2, 0.25) is 0 Å². The highest BCUT2D eigenvalue weighted by Crippen LogP contribution is 2.08. The van der Waals surface area contributed by atoms with E-state index < -0.39 is 29.5 Å². The topological polar surface area (TPSA) is 96.0 Å². The van der Waals surface area contributed by atoms with Crippen LogP contribution >= 0.6 is 0 Å². The van der Waals surface area contributed by atoms with Crippen LogP contribution in [0.4, 0.5) is 8.78 Å². The smallest absolute Gasteiger partial charge is 0.252 e. The van der Waals surface area contributed by atoms with Gasteiger partial charge in [-0.05, 0) is 18.6 Å². The van der Waals surface area contributed by atoms with Crippen molar-refractivity contribution in [3.8, 4) is 6.07 Å². The van der Waals surface area contributed by atoms with Crippen LogP contribution in [0, 0.1) is 23.0 Å². The summed E-state index contributed by atoms with van der Waals surface area (Å²) in [5, 5.41) is 10.6. The number of nitrogens with one attached hydrogen (secondary N) is 1. The SMILES string of the molecule is N#CCC[C@H](NC(=O)c1cc(F)cc(F)c1)C(N)=O. The molecule has 2 amide bonds. The van der Waals surface area contributed by atoms with Crippen molar-refractivity contribution in [1.29, 1.82) is 5.26 Å². The minimum atomic E-state index is -1.06. The Kier molecular flexibility index (Phi) is 4.94. The van der Waals surface area contributed by atoms with E-state index >= 15 is 0 Å². The Hall–Kier alpha value is -2.49. The Morgan fingerprint density at radius 1 is 1.32 bits per heavy atom. The zero-order valence-corrected chi connectivity index (χ0v) is 9.82. The highest BCUT2D eigenvalue weighted by Gasteiger charge is 2.19. The van der Waals surface area contributed by atoms with E-state index in [9.17, 15) is 18.4 Å². The van der Waals surface area contributed by atoms with Gasteiger partial charge in [0.15, 0.2) is 0 Å². The van der Waals surface area contributed by atoms with Crippen molar-refractivity contribution < 1.29 is 18.4 Å². The highest BCUT2D eigenvalue weighted by atomic mass is 19.1. The Bertz CT molecular complexity index is 520. The summed E-state index contributed by atoms with van der Waals surface area (Å²) in [5.41, 5.74) is 4.79. The van der Waals surface area contributed by atoms with E-state index in [1.807, 2.05) is 0 Å². The predicted octanol–water partition coefficient (Wildman–Crippen LogP) is 0.852. The molecular formula is C12H11F2N3O2. The van der Waals surface area contributed by atoms with Gasteiger partial charge in [0.2, 0.25) is 5.91 Å². The first-order valence-electron chi connectivity index (χ1n) is 5.37. The van der Waals surface area contributed by atoms with Crippen LogP contribution in [-0.2, 0) is 4.79 Å². The molecule has 0 saturated heterocycles. The molecule has 0 radical (unpaired) electrons. The predicted molar refractivity (Wildman–Crippen MR) is 61.7 cm³/mol. The van der Waals surface area contributed by atoms with Gasteiger partial charge in [0.05, 0.1) is 6.07 Å². The number of hydrogen-bond acceptors (Lipinski definition) is 3. The van der Waals surface area contributed by atoms with Crippen LogP contribution in [-0.4, -0.2) is 17.9 Å². The van der Waals surface area contributed by atoms with E-state index in [-0.39, 0.29) is 18.4 Å². The molecule has 0 spiro atoms. The fourth-order valence-corrected chi connectivity index (χ4v) is 1.42. The summed E-state index contributed by atoms with van der Waals surface area (Å²) in [7, 11) is 0. The van der Waals surface area contributed by atoms with Gasteiger partial charge in [-0.2, -0.15) is 5.26 Å². The van der Waals surface area contributed by atoms with Crippen LogP contribution in [0.25, 0.3) is 0 Å². The van der Waals surface area contributed by atoms with Crippen molar-refractivity contribution in [3.63, 3.8) is 0 Å². The quantitative estimate of drug-likeness (QED) is 0.827. The van der Waals surface area contributed by atoms with Crippen LogP contribution in [0.5, 0.6) is 0 Å². The summed E-state index contributed by atoms with van der Waals surface area (Å²) in [5.74, 6) is -3.46. The van der Waals surface area contributed by atoms with Gasteiger partial charge in [-0.15, -0.1) is 0 Å². The molecule has 0 unspecified atom stereocenters. The van der Waals surface area contributed by atoms with E-state index in [2.05, 4.69) is 5.32 Å². The third-order valence-corrected chi connectivity index (χ3v) is 2.32. The van der Waals surface area contributed by atoms with Crippen molar-refractivity contribution >= 4 is 11.8 Å². The molecule has 0 aliphatic carbocycles. The molecule has 0 aliphatic rings. The maximum atomic E-state index is 12.9. The van der Waals surface area contributed by atoms with Crippen LogP contribution < -0.4 is 11.1 Å². The lowest BCUT2D eigenvalue weighted by Crippen LogP contribution is -2.44. The van der Waals surface area contributed by atoms with Crippen molar-refractivity contribution in [1.82, 2.24) is 5.32 Å². The molecule has 0 fully saturated rings. The van der Waals surface area contributed by atoms with Gasteiger partial charge in [-0.3, -0.25) is 9.59 Å². The van der Waals surface area contributed by atoms with Crippen LogP contribution in [0.3, 0.4) is 0 Å². The first-order valence-corrected chi connectivity index (χ1v) is 5.37. The number of halogens is 2. The second kappa shape index (κ2) is 6.44. The molecular weight excluding hydrogens is 256 g/mol. The van der Waals surface area contributed by atoms with Crippen molar-refractivity contribution in [2.24, 2.45) is 5.73 Å². The number of carbonyl (C=O) groups excluding carboxylic acids is 2. The Morgan fingerprint density at radius 2 is 1.89 bits per heavy atom. The van der Waals surface area contributed by atoms with Crippen molar-refractivity contribution in [2.45, 2.75) is 18.9 Å². The number of amides is 2. The molecule has 1 aromatic carbocycles. The number of carbonyl (C=O) groups is 2. The average Bonchev–Trinajstić information content (AvgIpc) is 2.32. The molecule has 1 atom stereocenters. The summed E-state index contributed by atoms with van der Waals surface area (Å²) in [6.07, 6.45) is 0.0563. The second-order valence-corrected chi connectivity index (χ2v) is 3.78. The van der Waals surface area contributed by atoms with Crippen molar-refractivity contribution in [3.05, 3.63) is 35.4 Å². The Labute approximate surface area is 108 Å². The monoisotopic (exact) mass is 267 g/mol. The number of nitriles is 1. The molecule has 3 N–H and O–H groups in total. The number of primary amides is 1. The average molecular weight is 267 g/mol. The molecule has 5 nitrogen and oxygen atoms in total. The summed E-state index contributed by atoms with van der Waals surface area (Å²) in [4.78, 5) is 22.7. The number of nitrogens with two attached hydrogens (primary N) is 1. The van der Waals surface area contributed by atoms with Gasteiger partial charge in [0.1, 0.15) is 17.7 Å². The zero-order valence-electron chi connectivity index (χ0n) is 9.82. The summed E-state index contributed by atoms with van der Waals surface area (Å²) < 4.78 is 25.9. The van der Waals surface area contributed by atoms with Gasteiger partial charge in [0.25, 0.3) is 5.91 Å². The van der Waals surface area contributed by atoms with Gasteiger partial charge in [-0.1, -0.05) is 0 Å². The van der Waals surface area contributed by atoms with E-state index in [4.69, 9.17) is 11.0 Å². The largest absolute Gasteiger partial charge is 0.368 e. The Balaban J connectivity index is 2.82.